The summed E-state index contributed by atoms with van der Waals surface area (Å²) in [6.45, 7) is 5.29. The number of hydrazine groups is 1. The molecule has 0 aliphatic heterocycles. The van der Waals surface area contributed by atoms with Gasteiger partial charge in [-0.3, -0.25) is 9.99 Å². The molecule has 0 amide bonds. The summed E-state index contributed by atoms with van der Waals surface area (Å²) >= 11 is 0. The summed E-state index contributed by atoms with van der Waals surface area (Å²) in [6.07, 6.45) is 8.55. The van der Waals surface area contributed by atoms with E-state index in [2.05, 4.69) is 44.5 Å². The maximum Gasteiger partial charge on any atom is 0.243 e. The van der Waals surface area contributed by atoms with Crippen LogP contribution in [-0.4, -0.2) is 31.0 Å². The smallest absolute Gasteiger partial charge is 0.243 e. The first-order valence-corrected chi connectivity index (χ1v) is 7.14. The Hall–Kier alpha value is -2.22. The molecular formula is C13H22N8. The van der Waals surface area contributed by atoms with Crippen LogP contribution in [-0.2, 0) is 0 Å². The van der Waals surface area contributed by atoms with Gasteiger partial charge in [0.15, 0.2) is 0 Å². The first-order valence-electron chi connectivity index (χ1n) is 7.14. The molecule has 2 aromatic heterocycles. The van der Waals surface area contributed by atoms with Gasteiger partial charge < -0.3 is 5.32 Å². The Morgan fingerprint density at radius 1 is 1.19 bits per heavy atom. The number of nitrogens with zero attached hydrogens (tertiary/aromatic N) is 5. The molecule has 8 nitrogen and oxygen atoms in total. The van der Waals surface area contributed by atoms with E-state index in [-0.39, 0.29) is 0 Å². The highest BCUT2D eigenvalue weighted by molar-refractivity contribution is 5.37. The van der Waals surface area contributed by atoms with Crippen LogP contribution in [0, 0.1) is 5.92 Å². The number of nitrogens with two attached hydrogens (primary N) is 1. The lowest BCUT2D eigenvalue weighted by Gasteiger charge is -2.09. The summed E-state index contributed by atoms with van der Waals surface area (Å²) < 4.78 is 1.70. The molecule has 0 aromatic carbocycles. The summed E-state index contributed by atoms with van der Waals surface area (Å²) in [7, 11) is 0. The van der Waals surface area contributed by atoms with Crippen molar-refractivity contribution in [2.75, 3.05) is 17.3 Å². The first kappa shape index (κ1) is 15.2. The lowest BCUT2D eigenvalue weighted by atomic mass is 10.1. The van der Waals surface area contributed by atoms with Gasteiger partial charge in [-0.2, -0.15) is 15.0 Å². The second-order valence-electron chi connectivity index (χ2n) is 5.21. The van der Waals surface area contributed by atoms with Gasteiger partial charge in [0.05, 0.1) is 0 Å². The number of aromatic nitrogens is 5. The number of hydrogen-bond donors (Lipinski definition) is 3. The molecule has 2 rings (SSSR count). The van der Waals surface area contributed by atoms with Crippen LogP contribution in [0.25, 0.3) is 5.95 Å². The maximum atomic E-state index is 5.40. The molecule has 8 heteroatoms. The van der Waals surface area contributed by atoms with Gasteiger partial charge in [-0.1, -0.05) is 26.7 Å². The minimum absolute atomic E-state index is 0.318. The van der Waals surface area contributed by atoms with E-state index < -0.39 is 0 Å². The summed E-state index contributed by atoms with van der Waals surface area (Å²) in [6, 6.07) is 0. The molecular weight excluding hydrogens is 268 g/mol. The van der Waals surface area contributed by atoms with Crippen LogP contribution in [0.1, 0.15) is 33.1 Å². The van der Waals surface area contributed by atoms with Crippen LogP contribution in [0.5, 0.6) is 0 Å². The summed E-state index contributed by atoms with van der Waals surface area (Å²) in [5.41, 5.74) is 2.45. The molecule has 0 atom stereocenters. The second kappa shape index (κ2) is 7.53. The highest BCUT2D eigenvalue weighted by Crippen LogP contribution is 2.10. The molecule has 0 aliphatic rings. The molecule has 0 radical (unpaired) electrons. The third-order valence-electron chi connectivity index (χ3n) is 2.98. The van der Waals surface area contributed by atoms with Gasteiger partial charge in [-0.15, -0.1) is 0 Å². The maximum absolute atomic E-state index is 5.40. The van der Waals surface area contributed by atoms with Crippen LogP contribution >= 0.6 is 0 Å². The van der Waals surface area contributed by atoms with E-state index >= 15 is 0 Å². The van der Waals surface area contributed by atoms with Gasteiger partial charge in [-0.25, -0.2) is 10.8 Å². The number of imidazole rings is 1. The number of rotatable bonds is 8. The number of nitrogens with one attached hydrogen (secondary N) is 2. The minimum Gasteiger partial charge on any atom is -0.354 e. The largest absolute Gasteiger partial charge is 0.354 e. The highest BCUT2D eigenvalue weighted by atomic mass is 15.4. The Kier molecular flexibility index (Phi) is 5.44. The van der Waals surface area contributed by atoms with E-state index in [0.29, 0.717) is 17.8 Å². The van der Waals surface area contributed by atoms with E-state index in [1.165, 1.54) is 12.8 Å². The number of anilines is 2. The molecule has 0 unspecified atom stereocenters. The summed E-state index contributed by atoms with van der Waals surface area (Å²) in [5.74, 6) is 7.43. The molecule has 0 aliphatic carbocycles. The minimum atomic E-state index is 0.318. The van der Waals surface area contributed by atoms with Crippen molar-refractivity contribution in [2.45, 2.75) is 33.1 Å². The predicted molar refractivity (Wildman–Crippen MR) is 81.9 cm³/mol. The van der Waals surface area contributed by atoms with Crippen molar-refractivity contribution in [2.24, 2.45) is 11.8 Å². The van der Waals surface area contributed by atoms with Crippen LogP contribution in [0.2, 0.25) is 0 Å². The van der Waals surface area contributed by atoms with Crippen LogP contribution in [0.15, 0.2) is 18.7 Å². The number of nitrogen functional groups attached to an aromatic ring is 1. The predicted octanol–water partition coefficient (Wildman–Crippen LogP) is 1.58. The first-order chi connectivity index (χ1) is 10.2. The van der Waals surface area contributed by atoms with E-state index in [9.17, 15) is 0 Å². The molecule has 21 heavy (non-hydrogen) atoms. The van der Waals surface area contributed by atoms with Crippen LogP contribution in [0.4, 0.5) is 11.9 Å². The van der Waals surface area contributed by atoms with Crippen molar-refractivity contribution < 1.29 is 0 Å². The monoisotopic (exact) mass is 290 g/mol. The van der Waals surface area contributed by atoms with Crippen molar-refractivity contribution in [3.63, 3.8) is 0 Å². The van der Waals surface area contributed by atoms with Gasteiger partial charge in [0.25, 0.3) is 0 Å². The topological polar surface area (TPSA) is 107 Å². The Balaban J connectivity index is 1.97. The molecule has 0 spiro atoms. The average molecular weight is 290 g/mol. The van der Waals surface area contributed by atoms with Crippen molar-refractivity contribution in [3.05, 3.63) is 18.7 Å². The molecule has 2 aromatic rings. The van der Waals surface area contributed by atoms with Crippen molar-refractivity contribution >= 4 is 11.9 Å². The van der Waals surface area contributed by atoms with Crippen molar-refractivity contribution in [1.29, 1.82) is 0 Å². The Morgan fingerprint density at radius 3 is 2.67 bits per heavy atom. The van der Waals surface area contributed by atoms with Gasteiger partial charge >= 0.3 is 0 Å². The fourth-order valence-corrected chi connectivity index (χ4v) is 1.88. The van der Waals surface area contributed by atoms with Gasteiger partial charge in [0, 0.05) is 18.9 Å². The quantitative estimate of drug-likeness (QED) is 0.385. The second-order valence-corrected chi connectivity index (χ2v) is 5.21. The highest BCUT2D eigenvalue weighted by Gasteiger charge is 2.07. The lowest BCUT2D eigenvalue weighted by Crippen LogP contribution is -2.16. The Bertz CT molecular complexity index is 537. The Labute approximate surface area is 124 Å². The molecule has 0 saturated carbocycles. The van der Waals surface area contributed by atoms with E-state index in [1.54, 1.807) is 23.3 Å². The molecule has 0 bridgehead atoms. The normalized spacial score (nSPS) is 10.9. The van der Waals surface area contributed by atoms with Crippen LogP contribution in [0.3, 0.4) is 0 Å². The van der Waals surface area contributed by atoms with E-state index in [0.717, 1.165) is 18.9 Å². The number of unbranched alkanes of at least 4 members (excludes halogenated alkanes) is 1. The van der Waals surface area contributed by atoms with Gasteiger partial charge in [0.1, 0.15) is 6.33 Å². The summed E-state index contributed by atoms with van der Waals surface area (Å²) in [4.78, 5) is 16.7. The molecule has 0 fully saturated rings. The van der Waals surface area contributed by atoms with Crippen LogP contribution < -0.4 is 16.6 Å². The molecule has 4 N–H and O–H groups in total. The fraction of sp³-hybridized carbons (Fsp3) is 0.538. The zero-order valence-corrected chi connectivity index (χ0v) is 12.5. The van der Waals surface area contributed by atoms with E-state index in [4.69, 9.17) is 5.84 Å². The zero-order valence-electron chi connectivity index (χ0n) is 12.5. The van der Waals surface area contributed by atoms with Gasteiger partial charge in [-0.05, 0) is 12.3 Å². The SMILES string of the molecule is CC(C)CCCCNc1nc(NN)nc(-n2ccnc2)n1. The van der Waals surface area contributed by atoms with Crippen molar-refractivity contribution in [3.8, 4) is 5.95 Å². The Morgan fingerprint density at radius 2 is 2.00 bits per heavy atom. The lowest BCUT2D eigenvalue weighted by molar-refractivity contribution is 0.544. The van der Waals surface area contributed by atoms with E-state index in [1.807, 2.05) is 0 Å². The zero-order chi connectivity index (χ0) is 15.1. The van der Waals surface area contributed by atoms with Crippen molar-refractivity contribution in [1.82, 2.24) is 24.5 Å². The number of hydrogen-bond acceptors (Lipinski definition) is 7. The fourth-order valence-electron chi connectivity index (χ4n) is 1.88. The summed E-state index contributed by atoms with van der Waals surface area (Å²) in [5, 5.41) is 3.20. The molecule has 2 heterocycles. The third kappa shape index (κ3) is 4.67. The molecule has 114 valence electrons. The standard InChI is InChI=1S/C13H22N8/c1-10(2)5-3-4-6-16-11-17-12(20-14)19-13(18-11)21-8-7-15-9-21/h7-10H,3-6,14H2,1-2H3,(H2,16,17,18,19,20). The third-order valence-corrected chi connectivity index (χ3v) is 2.98. The molecule has 0 saturated heterocycles. The van der Waals surface area contributed by atoms with Gasteiger partial charge in [0.2, 0.25) is 17.8 Å². The average Bonchev–Trinajstić information content (AvgIpc) is 3.00.